The molecule has 0 amide bonds. The highest BCUT2D eigenvalue weighted by molar-refractivity contribution is 6.08. The van der Waals surface area contributed by atoms with Crippen LogP contribution in [0, 0.1) is 13.8 Å². The SMILES string of the molecule is CO.Cc1ccc2c(ccc3cc(C(C)C)ccc32)c1C. The van der Waals surface area contributed by atoms with E-state index < -0.39 is 0 Å². The summed E-state index contributed by atoms with van der Waals surface area (Å²) in [7, 11) is 1.00. The second kappa shape index (κ2) is 6.28. The Hall–Kier alpha value is -1.86. The van der Waals surface area contributed by atoms with Gasteiger partial charge in [-0.3, -0.25) is 0 Å². The van der Waals surface area contributed by atoms with Gasteiger partial charge in [-0.15, -0.1) is 0 Å². The van der Waals surface area contributed by atoms with Crippen molar-refractivity contribution in [1.82, 2.24) is 0 Å². The van der Waals surface area contributed by atoms with Crippen molar-refractivity contribution in [3.63, 3.8) is 0 Å². The molecule has 110 valence electrons. The Labute approximate surface area is 127 Å². The van der Waals surface area contributed by atoms with Gasteiger partial charge in [0.15, 0.2) is 0 Å². The minimum atomic E-state index is 0.583. The second-order valence-electron chi connectivity index (χ2n) is 5.80. The first-order valence-corrected chi connectivity index (χ1v) is 7.45. The van der Waals surface area contributed by atoms with Crippen LogP contribution in [0.4, 0.5) is 0 Å². The molecule has 0 fully saturated rings. The summed E-state index contributed by atoms with van der Waals surface area (Å²) < 4.78 is 0. The zero-order chi connectivity index (χ0) is 15.6. The number of fused-ring (bicyclic) bond motifs is 3. The van der Waals surface area contributed by atoms with Crippen molar-refractivity contribution in [2.45, 2.75) is 33.6 Å². The molecule has 1 nitrogen and oxygen atoms in total. The molecular formula is C20H24O. The van der Waals surface area contributed by atoms with Crippen LogP contribution in [-0.2, 0) is 0 Å². The van der Waals surface area contributed by atoms with E-state index in [0.29, 0.717) is 5.92 Å². The van der Waals surface area contributed by atoms with Gasteiger partial charge in [0.2, 0.25) is 0 Å². The Morgan fingerprint density at radius 2 is 1.38 bits per heavy atom. The van der Waals surface area contributed by atoms with Crippen molar-refractivity contribution in [3.05, 3.63) is 59.2 Å². The summed E-state index contributed by atoms with van der Waals surface area (Å²) in [5.41, 5.74) is 4.17. The van der Waals surface area contributed by atoms with Crippen LogP contribution in [0.1, 0.15) is 36.5 Å². The number of aliphatic hydroxyl groups is 1. The fraction of sp³-hybridized carbons (Fsp3) is 0.300. The van der Waals surface area contributed by atoms with Crippen molar-refractivity contribution in [1.29, 1.82) is 0 Å². The number of aliphatic hydroxyl groups excluding tert-OH is 1. The van der Waals surface area contributed by atoms with E-state index in [0.717, 1.165) is 7.11 Å². The van der Waals surface area contributed by atoms with Crippen LogP contribution in [0.15, 0.2) is 42.5 Å². The van der Waals surface area contributed by atoms with Crippen molar-refractivity contribution >= 4 is 21.5 Å². The summed E-state index contributed by atoms with van der Waals surface area (Å²) >= 11 is 0. The summed E-state index contributed by atoms with van der Waals surface area (Å²) in [5, 5.41) is 12.5. The molecule has 3 aromatic carbocycles. The quantitative estimate of drug-likeness (QED) is 0.596. The van der Waals surface area contributed by atoms with Gasteiger partial charge in [-0.1, -0.05) is 56.3 Å². The molecule has 0 saturated heterocycles. The standard InChI is InChI=1S/C19H20.CH4O/c1-12(2)15-6-10-18-16(11-15)7-9-17-14(4)13(3)5-8-19(17)18;1-2/h5-12H,1-4H3;2H,1H3. The molecule has 0 unspecified atom stereocenters. The highest BCUT2D eigenvalue weighted by Crippen LogP contribution is 2.30. The summed E-state index contributed by atoms with van der Waals surface area (Å²) in [6.07, 6.45) is 0. The van der Waals surface area contributed by atoms with Crippen molar-refractivity contribution in [3.8, 4) is 0 Å². The van der Waals surface area contributed by atoms with Gasteiger partial charge in [-0.2, -0.15) is 0 Å². The summed E-state index contributed by atoms with van der Waals surface area (Å²) in [6, 6.07) is 15.9. The van der Waals surface area contributed by atoms with Gasteiger partial charge >= 0.3 is 0 Å². The summed E-state index contributed by atoms with van der Waals surface area (Å²) in [4.78, 5) is 0. The average molecular weight is 280 g/mol. The largest absolute Gasteiger partial charge is 0.400 e. The molecule has 1 N–H and O–H groups in total. The third-order valence-electron chi connectivity index (χ3n) is 4.25. The number of aryl methyl sites for hydroxylation is 2. The Kier molecular flexibility index (Phi) is 4.64. The van der Waals surface area contributed by atoms with Crippen molar-refractivity contribution < 1.29 is 5.11 Å². The first-order chi connectivity index (χ1) is 10.1. The van der Waals surface area contributed by atoms with Gasteiger partial charge in [0.1, 0.15) is 0 Å². The topological polar surface area (TPSA) is 20.2 Å². The lowest BCUT2D eigenvalue weighted by Gasteiger charge is -2.11. The minimum Gasteiger partial charge on any atom is -0.400 e. The van der Waals surface area contributed by atoms with Gasteiger partial charge in [0.05, 0.1) is 0 Å². The summed E-state index contributed by atoms with van der Waals surface area (Å²) in [6.45, 7) is 8.89. The minimum absolute atomic E-state index is 0.583. The molecule has 0 spiro atoms. The third-order valence-corrected chi connectivity index (χ3v) is 4.25. The maximum atomic E-state index is 7.00. The molecule has 0 aliphatic carbocycles. The van der Waals surface area contributed by atoms with Crippen molar-refractivity contribution in [2.75, 3.05) is 7.11 Å². The summed E-state index contributed by atoms with van der Waals surface area (Å²) in [5.74, 6) is 0.583. The predicted molar refractivity (Wildman–Crippen MR) is 93.2 cm³/mol. The molecule has 0 aliphatic rings. The molecule has 21 heavy (non-hydrogen) atoms. The molecule has 0 radical (unpaired) electrons. The molecule has 0 saturated carbocycles. The second-order valence-corrected chi connectivity index (χ2v) is 5.80. The highest BCUT2D eigenvalue weighted by Gasteiger charge is 2.06. The fourth-order valence-electron chi connectivity index (χ4n) is 2.78. The number of benzene rings is 3. The fourth-order valence-corrected chi connectivity index (χ4v) is 2.78. The van der Waals surface area contributed by atoms with E-state index in [1.165, 1.54) is 38.2 Å². The molecule has 3 rings (SSSR count). The lowest BCUT2D eigenvalue weighted by atomic mass is 9.93. The van der Waals surface area contributed by atoms with Crippen LogP contribution in [0.25, 0.3) is 21.5 Å². The number of rotatable bonds is 1. The van der Waals surface area contributed by atoms with E-state index in [2.05, 4.69) is 70.2 Å². The van der Waals surface area contributed by atoms with Gasteiger partial charge in [-0.05, 0) is 58.0 Å². The molecule has 3 aromatic rings. The van der Waals surface area contributed by atoms with E-state index in [9.17, 15) is 0 Å². The lowest BCUT2D eigenvalue weighted by Crippen LogP contribution is -1.89. The van der Waals surface area contributed by atoms with Gasteiger partial charge in [0.25, 0.3) is 0 Å². The van der Waals surface area contributed by atoms with E-state index in [4.69, 9.17) is 5.11 Å². The number of hydrogen-bond donors (Lipinski definition) is 1. The molecule has 0 bridgehead atoms. The van der Waals surface area contributed by atoms with Gasteiger partial charge in [0, 0.05) is 7.11 Å². The van der Waals surface area contributed by atoms with E-state index >= 15 is 0 Å². The lowest BCUT2D eigenvalue weighted by molar-refractivity contribution is 0.399. The number of hydrogen-bond acceptors (Lipinski definition) is 1. The predicted octanol–water partition coefficient (Wildman–Crippen LogP) is 5.34. The van der Waals surface area contributed by atoms with E-state index in [1.54, 1.807) is 0 Å². The Balaban J connectivity index is 0.000000774. The zero-order valence-corrected chi connectivity index (χ0v) is 13.6. The highest BCUT2D eigenvalue weighted by atomic mass is 16.2. The molecule has 1 heteroatoms. The molecular weight excluding hydrogens is 256 g/mol. The van der Waals surface area contributed by atoms with E-state index in [-0.39, 0.29) is 0 Å². The molecule has 0 heterocycles. The van der Waals surface area contributed by atoms with E-state index in [1.807, 2.05) is 0 Å². The van der Waals surface area contributed by atoms with Crippen LogP contribution >= 0.6 is 0 Å². The average Bonchev–Trinajstić information content (AvgIpc) is 2.52. The Morgan fingerprint density at radius 1 is 0.762 bits per heavy atom. The molecule has 0 aromatic heterocycles. The first-order valence-electron chi connectivity index (χ1n) is 7.45. The van der Waals surface area contributed by atoms with Crippen LogP contribution in [0.3, 0.4) is 0 Å². The smallest absolute Gasteiger partial charge is 0.0319 e. The maximum Gasteiger partial charge on any atom is 0.0319 e. The van der Waals surface area contributed by atoms with Crippen molar-refractivity contribution in [2.24, 2.45) is 0 Å². The molecule has 0 atom stereocenters. The zero-order valence-electron chi connectivity index (χ0n) is 13.6. The van der Waals surface area contributed by atoms with Crippen LogP contribution in [0.2, 0.25) is 0 Å². The van der Waals surface area contributed by atoms with Crippen LogP contribution in [-0.4, -0.2) is 12.2 Å². The Bertz CT molecular complexity index is 769. The first kappa shape index (κ1) is 15.5. The van der Waals surface area contributed by atoms with Crippen LogP contribution in [0.5, 0.6) is 0 Å². The van der Waals surface area contributed by atoms with Gasteiger partial charge in [-0.25, -0.2) is 0 Å². The third kappa shape index (κ3) is 2.79. The maximum absolute atomic E-state index is 7.00. The Morgan fingerprint density at radius 3 is 2.05 bits per heavy atom. The normalized spacial score (nSPS) is 10.8. The van der Waals surface area contributed by atoms with Gasteiger partial charge < -0.3 is 5.11 Å². The monoisotopic (exact) mass is 280 g/mol. The molecule has 0 aliphatic heterocycles. The van der Waals surface area contributed by atoms with Crippen LogP contribution < -0.4 is 0 Å².